The SMILES string of the molecule is CC/C=C\C/C=C\C/C=C\C/C=C\C/C=C\C/C=C\C/C=C\C/C=C\C/C=C\CCCCCCCCCC(=O)OC(COC(=O)CCCCCC/C=C\C/C=C\C/C=C\C/C=C\C/C=C\C/C=C\C/C=C\C/C=C\CC)COC(OCC[N+](C)(C)C)C(=O)[O-]. The van der Waals surface area contributed by atoms with Gasteiger partial charge in [0.1, 0.15) is 13.2 Å². The highest BCUT2D eigenvalue weighted by molar-refractivity contribution is 5.70. The number of carboxylic acid groups (broad SMARTS) is 1. The Morgan fingerprint density at radius 1 is 0.337 bits per heavy atom. The Bertz CT molecular complexity index is 2210. The minimum absolute atomic E-state index is 0.128. The molecule has 0 aliphatic heterocycles. The molecule has 0 aliphatic carbocycles. The molecule has 496 valence electrons. The van der Waals surface area contributed by atoms with Gasteiger partial charge in [0.15, 0.2) is 12.4 Å². The molecule has 0 aromatic carbocycles. The molecule has 0 heterocycles. The Kier molecular flexibility index (Phi) is 63.1. The monoisotopic (exact) mass is 1230 g/mol. The average Bonchev–Trinajstić information content (AvgIpc) is 3.64. The van der Waals surface area contributed by atoms with Gasteiger partial charge in [-0.3, -0.25) is 9.59 Å². The molecular weight excluding hydrogens is 1100 g/mol. The molecule has 0 fully saturated rings. The number of hydrogen-bond acceptors (Lipinski definition) is 8. The van der Waals surface area contributed by atoms with Crippen LogP contribution in [0.15, 0.2) is 207 Å². The zero-order valence-electron chi connectivity index (χ0n) is 56.5. The van der Waals surface area contributed by atoms with Crippen LogP contribution in [-0.2, 0) is 33.3 Å². The van der Waals surface area contributed by atoms with E-state index < -0.39 is 30.3 Å². The lowest BCUT2D eigenvalue weighted by molar-refractivity contribution is -0.870. The molecular formula is C80H123NO8. The third-order valence-corrected chi connectivity index (χ3v) is 13.5. The second-order valence-electron chi connectivity index (χ2n) is 23.0. The van der Waals surface area contributed by atoms with Crippen LogP contribution >= 0.6 is 0 Å². The number of carbonyl (C=O) groups is 3. The van der Waals surface area contributed by atoms with Crippen LogP contribution in [-0.4, -0.2) is 82.3 Å². The van der Waals surface area contributed by atoms with Crippen molar-refractivity contribution in [3.8, 4) is 0 Å². The normalized spacial score (nSPS) is 14.0. The smallest absolute Gasteiger partial charge is 0.306 e. The van der Waals surface area contributed by atoms with Gasteiger partial charge in [0.05, 0.1) is 40.3 Å². The van der Waals surface area contributed by atoms with Gasteiger partial charge in [-0.05, 0) is 148 Å². The fourth-order valence-electron chi connectivity index (χ4n) is 8.37. The Balaban J connectivity index is 4.31. The van der Waals surface area contributed by atoms with Crippen molar-refractivity contribution in [2.75, 3.05) is 47.5 Å². The first-order chi connectivity index (χ1) is 43.6. The lowest BCUT2D eigenvalue weighted by atomic mass is 10.1. The van der Waals surface area contributed by atoms with E-state index in [0.717, 1.165) is 167 Å². The number of ether oxygens (including phenoxy) is 4. The number of carboxylic acids is 1. The summed E-state index contributed by atoms with van der Waals surface area (Å²) >= 11 is 0. The molecule has 0 amide bonds. The zero-order valence-corrected chi connectivity index (χ0v) is 56.5. The molecule has 0 rings (SSSR count). The van der Waals surface area contributed by atoms with Crippen molar-refractivity contribution in [3.63, 3.8) is 0 Å². The summed E-state index contributed by atoms with van der Waals surface area (Å²) in [6.07, 6.45) is 103. The lowest BCUT2D eigenvalue weighted by Crippen LogP contribution is -2.44. The molecule has 0 bridgehead atoms. The first kappa shape index (κ1) is 82.9. The average molecular weight is 1230 g/mol. The highest BCUT2D eigenvalue weighted by Gasteiger charge is 2.22. The summed E-state index contributed by atoms with van der Waals surface area (Å²) in [4.78, 5) is 37.5. The zero-order chi connectivity index (χ0) is 64.7. The fourth-order valence-corrected chi connectivity index (χ4v) is 8.37. The van der Waals surface area contributed by atoms with Crippen LogP contribution < -0.4 is 5.11 Å². The van der Waals surface area contributed by atoms with E-state index in [-0.39, 0.29) is 32.7 Å². The van der Waals surface area contributed by atoms with Crippen molar-refractivity contribution in [1.82, 2.24) is 0 Å². The molecule has 2 atom stereocenters. The van der Waals surface area contributed by atoms with Crippen molar-refractivity contribution in [1.29, 1.82) is 0 Å². The van der Waals surface area contributed by atoms with Crippen molar-refractivity contribution in [2.45, 2.75) is 232 Å². The van der Waals surface area contributed by atoms with Crippen LogP contribution in [0.4, 0.5) is 0 Å². The Morgan fingerprint density at radius 3 is 0.899 bits per heavy atom. The number of unbranched alkanes of at least 4 members (excludes halogenated alkanes) is 11. The molecule has 0 saturated heterocycles. The summed E-state index contributed by atoms with van der Waals surface area (Å²) < 4.78 is 22.7. The quantitative estimate of drug-likeness (QED) is 0.0195. The van der Waals surface area contributed by atoms with Crippen LogP contribution in [0.25, 0.3) is 0 Å². The molecule has 9 heteroatoms. The maximum Gasteiger partial charge on any atom is 0.306 e. The summed E-state index contributed by atoms with van der Waals surface area (Å²) in [6, 6.07) is 0. The maximum atomic E-state index is 12.9. The molecule has 0 radical (unpaired) electrons. The van der Waals surface area contributed by atoms with Gasteiger partial charge < -0.3 is 33.3 Å². The van der Waals surface area contributed by atoms with Crippen molar-refractivity contribution < 1.29 is 42.9 Å². The number of nitrogens with zero attached hydrogens (tertiary/aromatic N) is 1. The minimum Gasteiger partial charge on any atom is -0.545 e. The number of aliphatic carboxylic acids is 1. The third kappa shape index (κ3) is 69.2. The van der Waals surface area contributed by atoms with E-state index in [0.29, 0.717) is 23.9 Å². The predicted molar refractivity (Wildman–Crippen MR) is 379 cm³/mol. The number of quaternary nitrogens is 1. The number of rotatable bonds is 60. The summed E-state index contributed by atoms with van der Waals surface area (Å²) in [5.41, 5.74) is 0. The number of likely N-dealkylation sites (N-methyl/N-ethyl adjacent to an activating group) is 1. The highest BCUT2D eigenvalue weighted by Crippen LogP contribution is 2.13. The van der Waals surface area contributed by atoms with Crippen LogP contribution in [0.3, 0.4) is 0 Å². The number of esters is 2. The van der Waals surface area contributed by atoms with E-state index in [1.54, 1.807) is 0 Å². The largest absolute Gasteiger partial charge is 0.545 e. The van der Waals surface area contributed by atoms with Crippen molar-refractivity contribution in [3.05, 3.63) is 207 Å². The molecule has 0 aromatic rings. The van der Waals surface area contributed by atoms with Gasteiger partial charge >= 0.3 is 11.9 Å². The Hall–Kier alpha value is -6.13. The van der Waals surface area contributed by atoms with Gasteiger partial charge in [-0.25, -0.2) is 0 Å². The molecule has 0 saturated carbocycles. The van der Waals surface area contributed by atoms with E-state index in [4.69, 9.17) is 18.9 Å². The molecule has 0 aliphatic rings. The standard InChI is InChI=1S/C80H123NO8/c1-6-8-10-12-14-16-18-20-22-24-26-28-30-32-34-36-37-38-39-40-41-43-45-47-49-51-53-55-57-59-61-63-65-67-69-71-78(83)89-76(75-88-80(79(84)85)86-73-72-81(3,4)5)74-87-77(82)70-68-66-64-62-60-58-56-54-52-50-48-46-44-42-35-33-31-29-27-25-23-21-19-17-15-13-11-9-7-2/h8-11,14-17,20-23,26-29,32-35,37-38,40-41,44-47,50-53,56,58,76,80H,6-7,12-13,18-19,24-25,30-31,36,39,42-43,48-49,54-55,57,59-75H2,1-5H3/b10-8-,11-9-,16-14-,17-15-,22-20-,23-21-,28-26-,29-27-,34-32-,35-33-,38-37-,41-40-,46-44-,47-45-,52-50-,53-51-,58-56-. The van der Waals surface area contributed by atoms with Gasteiger partial charge in [0, 0.05) is 12.8 Å². The first-order valence-corrected chi connectivity index (χ1v) is 34.2. The third-order valence-electron chi connectivity index (χ3n) is 13.5. The molecule has 2 unspecified atom stereocenters. The molecule has 89 heavy (non-hydrogen) atoms. The Labute approximate surface area is 544 Å². The van der Waals surface area contributed by atoms with Gasteiger partial charge in [0.2, 0.25) is 0 Å². The van der Waals surface area contributed by atoms with Gasteiger partial charge in [-0.15, -0.1) is 0 Å². The van der Waals surface area contributed by atoms with Crippen molar-refractivity contribution >= 4 is 17.9 Å². The number of hydrogen-bond donors (Lipinski definition) is 0. The maximum absolute atomic E-state index is 12.9. The number of carbonyl (C=O) groups excluding carboxylic acids is 3. The molecule has 0 spiro atoms. The topological polar surface area (TPSA) is 111 Å². The first-order valence-electron chi connectivity index (χ1n) is 34.2. The predicted octanol–water partition coefficient (Wildman–Crippen LogP) is 20.2. The van der Waals surface area contributed by atoms with Crippen LogP contribution in [0.5, 0.6) is 0 Å². The van der Waals surface area contributed by atoms with E-state index in [1.807, 2.05) is 21.1 Å². The van der Waals surface area contributed by atoms with E-state index in [9.17, 15) is 19.5 Å². The van der Waals surface area contributed by atoms with Crippen molar-refractivity contribution in [2.24, 2.45) is 0 Å². The fraction of sp³-hybridized carbons (Fsp3) is 0.537. The van der Waals surface area contributed by atoms with Gasteiger partial charge in [-0.2, -0.15) is 0 Å². The molecule has 9 nitrogen and oxygen atoms in total. The van der Waals surface area contributed by atoms with E-state index >= 15 is 0 Å². The van der Waals surface area contributed by atoms with Crippen LogP contribution in [0, 0.1) is 0 Å². The summed E-state index contributed by atoms with van der Waals surface area (Å²) in [7, 11) is 5.90. The van der Waals surface area contributed by atoms with Crippen LogP contribution in [0.1, 0.15) is 219 Å². The van der Waals surface area contributed by atoms with Gasteiger partial charge in [-0.1, -0.05) is 265 Å². The van der Waals surface area contributed by atoms with Crippen LogP contribution in [0.2, 0.25) is 0 Å². The second kappa shape index (κ2) is 67.8. The molecule has 0 aromatic heterocycles. The summed E-state index contributed by atoms with van der Waals surface area (Å²) in [6.45, 7) is 4.44. The summed E-state index contributed by atoms with van der Waals surface area (Å²) in [5.74, 6) is -2.36. The number of allylic oxidation sites excluding steroid dienone is 34. The van der Waals surface area contributed by atoms with E-state index in [2.05, 4.69) is 220 Å². The second-order valence-corrected chi connectivity index (χ2v) is 23.0. The minimum atomic E-state index is -1.65. The van der Waals surface area contributed by atoms with Gasteiger partial charge in [0.25, 0.3) is 0 Å². The molecule has 0 N–H and O–H groups in total. The highest BCUT2D eigenvalue weighted by atomic mass is 16.7. The Morgan fingerprint density at radius 2 is 0.607 bits per heavy atom. The lowest BCUT2D eigenvalue weighted by Gasteiger charge is -2.26. The van der Waals surface area contributed by atoms with E-state index in [1.165, 1.54) is 12.8 Å². The summed E-state index contributed by atoms with van der Waals surface area (Å²) in [5, 5.41) is 11.8.